The minimum atomic E-state index is -0.275. The van der Waals surface area contributed by atoms with Crippen LogP contribution in [0.5, 0.6) is 0 Å². The molecule has 0 aliphatic carbocycles. The number of amides is 2. The van der Waals surface area contributed by atoms with Gasteiger partial charge in [0.1, 0.15) is 0 Å². The predicted octanol–water partition coefficient (Wildman–Crippen LogP) is 2.80. The number of nitrogens with zero attached hydrogens (tertiary/aromatic N) is 1. The molecule has 108 valence electrons. The van der Waals surface area contributed by atoms with Crippen molar-refractivity contribution in [3.05, 3.63) is 29.8 Å². The number of hydrogen-bond donors (Lipinski definition) is 2. The Labute approximate surface area is 119 Å². The van der Waals surface area contributed by atoms with Crippen LogP contribution in [0.15, 0.2) is 29.4 Å². The van der Waals surface area contributed by atoms with Gasteiger partial charge < -0.3 is 5.32 Å². The maximum atomic E-state index is 11.9. The number of hydrazone groups is 1. The largest absolute Gasteiger partial charge is 0.326 e. The van der Waals surface area contributed by atoms with Crippen LogP contribution in [0.2, 0.25) is 0 Å². The van der Waals surface area contributed by atoms with E-state index in [0.29, 0.717) is 11.3 Å². The Bertz CT molecular complexity index is 525. The molecule has 2 amide bonds. The van der Waals surface area contributed by atoms with Gasteiger partial charge in [0, 0.05) is 29.3 Å². The lowest BCUT2D eigenvalue weighted by atomic mass is 9.91. The molecular formula is C15H21N3O2. The Morgan fingerprint density at radius 3 is 2.05 bits per heavy atom. The first-order chi connectivity index (χ1) is 9.20. The molecule has 0 radical (unpaired) electrons. The summed E-state index contributed by atoms with van der Waals surface area (Å²) < 4.78 is 0. The number of rotatable bonds is 3. The second-order valence-corrected chi connectivity index (χ2v) is 5.65. The molecule has 0 fully saturated rings. The Balaban J connectivity index is 2.72. The third kappa shape index (κ3) is 4.84. The summed E-state index contributed by atoms with van der Waals surface area (Å²) in [5.41, 5.74) is 4.44. The van der Waals surface area contributed by atoms with E-state index >= 15 is 0 Å². The molecule has 5 heteroatoms. The van der Waals surface area contributed by atoms with Crippen molar-refractivity contribution in [1.29, 1.82) is 0 Å². The van der Waals surface area contributed by atoms with Crippen LogP contribution in [0.4, 0.5) is 5.69 Å². The fourth-order valence-electron chi connectivity index (χ4n) is 1.28. The first-order valence-electron chi connectivity index (χ1n) is 6.43. The van der Waals surface area contributed by atoms with E-state index in [1.807, 2.05) is 27.7 Å². The van der Waals surface area contributed by atoms with Crippen LogP contribution in [0.3, 0.4) is 0 Å². The van der Waals surface area contributed by atoms with Crippen LogP contribution in [0.25, 0.3) is 0 Å². The number of hydrogen-bond acceptors (Lipinski definition) is 3. The number of benzene rings is 1. The summed E-state index contributed by atoms with van der Waals surface area (Å²) in [7, 11) is 0. The van der Waals surface area contributed by atoms with Crippen molar-refractivity contribution in [1.82, 2.24) is 5.43 Å². The quantitative estimate of drug-likeness (QED) is 0.657. The van der Waals surface area contributed by atoms with Crippen molar-refractivity contribution in [3.8, 4) is 0 Å². The van der Waals surface area contributed by atoms with Crippen molar-refractivity contribution in [2.75, 3.05) is 5.32 Å². The van der Waals surface area contributed by atoms with E-state index in [4.69, 9.17) is 0 Å². The first-order valence-corrected chi connectivity index (χ1v) is 6.43. The molecule has 0 bridgehead atoms. The number of nitrogens with one attached hydrogen (secondary N) is 2. The zero-order valence-electron chi connectivity index (χ0n) is 12.6. The molecular weight excluding hydrogens is 254 g/mol. The molecule has 1 aromatic rings. The van der Waals surface area contributed by atoms with Gasteiger partial charge in [-0.15, -0.1) is 0 Å². The van der Waals surface area contributed by atoms with Crippen LogP contribution in [-0.4, -0.2) is 17.5 Å². The Morgan fingerprint density at radius 2 is 1.60 bits per heavy atom. The summed E-state index contributed by atoms with van der Waals surface area (Å²) >= 11 is 0. The summed E-state index contributed by atoms with van der Waals surface area (Å²) in [4.78, 5) is 22.8. The van der Waals surface area contributed by atoms with Crippen molar-refractivity contribution in [2.45, 2.75) is 34.6 Å². The molecule has 0 atom stereocenters. The highest BCUT2D eigenvalue weighted by atomic mass is 16.2. The maximum Gasteiger partial charge on any atom is 0.271 e. The van der Waals surface area contributed by atoms with E-state index in [-0.39, 0.29) is 17.2 Å². The van der Waals surface area contributed by atoms with Gasteiger partial charge in [-0.2, -0.15) is 5.10 Å². The fraction of sp³-hybridized carbons (Fsp3) is 0.400. The van der Waals surface area contributed by atoms with Crippen molar-refractivity contribution in [2.24, 2.45) is 10.5 Å². The lowest BCUT2D eigenvalue weighted by molar-refractivity contribution is -0.114. The summed E-state index contributed by atoms with van der Waals surface area (Å²) in [6.45, 7) is 9.39. The fourth-order valence-corrected chi connectivity index (χ4v) is 1.28. The summed E-state index contributed by atoms with van der Waals surface area (Å²) in [6, 6.07) is 6.64. The molecule has 1 rings (SSSR count). The molecule has 0 saturated carbocycles. The average molecular weight is 275 g/mol. The molecule has 0 spiro atoms. The maximum absolute atomic E-state index is 11.9. The summed E-state index contributed by atoms with van der Waals surface area (Å²) in [5.74, 6) is -0.421. The third-order valence-corrected chi connectivity index (χ3v) is 2.88. The molecule has 0 aliphatic heterocycles. The lowest BCUT2D eigenvalue weighted by Gasteiger charge is -2.17. The topological polar surface area (TPSA) is 70.6 Å². The number of carbonyl (C=O) groups excluding carboxylic acids is 2. The van der Waals surface area contributed by atoms with Crippen molar-refractivity contribution < 1.29 is 9.59 Å². The lowest BCUT2D eigenvalue weighted by Crippen LogP contribution is -2.24. The highest BCUT2D eigenvalue weighted by molar-refractivity contribution is 5.96. The van der Waals surface area contributed by atoms with E-state index in [2.05, 4.69) is 15.8 Å². The molecule has 0 heterocycles. The SMILES string of the molecule is CC(=O)Nc1ccc(C(=O)NN=C(C)C(C)(C)C)cc1. The van der Waals surface area contributed by atoms with Crippen LogP contribution in [0, 0.1) is 5.41 Å². The molecule has 2 N–H and O–H groups in total. The molecule has 20 heavy (non-hydrogen) atoms. The summed E-state index contributed by atoms with van der Waals surface area (Å²) in [6.07, 6.45) is 0. The van der Waals surface area contributed by atoms with Gasteiger partial charge in [0.05, 0.1) is 0 Å². The zero-order chi connectivity index (χ0) is 15.3. The van der Waals surface area contributed by atoms with Gasteiger partial charge in [0.15, 0.2) is 0 Å². The highest BCUT2D eigenvalue weighted by Gasteiger charge is 2.14. The second-order valence-electron chi connectivity index (χ2n) is 5.65. The van der Waals surface area contributed by atoms with Crippen LogP contribution in [-0.2, 0) is 4.79 Å². The Morgan fingerprint density at radius 1 is 1.05 bits per heavy atom. The Kier molecular flexibility index (Phi) is 5.02. The van der Waals surface area contributed by atoms with Gasteiger partial charge in [-0.1, -0.05) is 20.8 Å². The normalized spacial score (nSPS) is 11.9. The first kappa shape index (κ1) is 15.9. The average Bonchev–Trinajstić information content (AvgIpc) is 2.34. The van der Waals surface area contributed by atoms with E-state index < -0.39 is 0 Å². The van der Waals surface area contributed by atoms with E-state index in [9.17, 15) is 9.59 Å². The van der Waals surface area contributed by atoms with Crippen LogP contribution in [0.1, 0.15) is 45.0 Å². The van der Waals surface area contributed by atoms with Gasteiger partial charge in [-0.25, -0.2) is 5.43 Å². The zero-order valence-corrected chi connectivity index (χ0v) is 12.6. The molecule has 0 saturated heterocycles. The standard InChI is InChI=1S/C15H21N3O2/c1-10(15(3,4)5)17-18-14(20)12-6-8-13(9-7-12)16-11(2)19/h6-9H,1-5H3,(H,16,19)(H,18,20). The monoisotopic (exact) mass is 275 g/mol. The van der Waals surface area contributed by atoms with Gasteiger partial charge in [-0.3, -0.25) is 9.59 Å². The minimum Gasteiger partial charge on any atom is -0.326 e. The Hall–Kier alpha value is -2.17. The predicted molar refractivity (Wildman–Crippen MR) is 80.8 cm³/mol. The summed E-state index contributed by atoms with van der Waals surface area (Å²) in [5, 5.41) is 6.73. The van der Waals surface area contributed by atoms with Gasteiger partial charge >= 0.3 is 0 Å². The third-order valence-electron chi connectivity index (χ3n) is 2.88. The van der Waals surface area contributed by atoms with Crippen LogP contribution >= 0.6 is 0 Å². The van der Waals surface area contributed by atoms with E-state index in [1.54, 1.807) is 24.3 Å². The van der Waals surface area contributed by atoms with Gasteiger partial charge in [0.2, 0.25) is 5.91 Å². The van der Waals surface area contributed by atoms with Crippen molar-refractivity contribution >= 4 is 23.2 Å². The van der Waals surface area contributed by atoms with Gasteiger partial charge in [0.25, 0.3) is 5.91 Å². The van der Waals surface area contributed by atoms with E-state index in [1.165, 1.54) is 6.92 Å². The highest BCUT2D eigenvalue weighted by Crippen LogP contribution is 2.15. The minimum absolute atomic E-state index is 0.0808. The van der Waals surface area contributed by atoms with Gasteiger partial charge in [-0.05, 0) is 31.2 Å². The molecule has 0 unspecified atom stereocenters. The number of carbonyl (C=O) groups is 2. The molecule has 5 nitrogen and oxygen atoms in total. The van der Waals surface area contributed by atoms with Crippen LogP contribution < -0.4 is 10.7 Å². The molecule has 1 aromatic carbocycles. The number of anilines is 1. The second kappa shape index (κ2) is 6.32. The molecule has 0 aromatic heterocycles. The van der Waals surface area contributed by atoms with E-state index in [0.717, 1.165) is 5.71 Å². The smallest absolute Gasteiger partial charge is 0.271 e. The molecule has 0 aliphatic rings. The van der Waals surface area contributed by atoms with Crippen molar-refractivity contribution in [3.63, 3.8) is 0 Å².